The maximum absolute atomic E-state index is 11.1. The number of carbonyl (C=O) groups excluding carboxylic acids is 1. The van der Waals surface area contributed by atoms with Crippen molar-refractivity contribution in [2.75, 3.05) is 26.9 Å². The number of methoxy groups -OCH3 is 1. The van der Waals surface area contributed by atoms with Gasteiger partial charge in [0.15, 0.2) is 0 Å². The largest absolute Gasteiger partial charge is 0.450 e. The second-order valence-electron chi connectivity index (χ2n) is 4.16. The molecular weight excluding hydrogens is 208 g/mol. The summed E-state index contributed by atoms with van der Waals surface area (Å²) >= 11 is 0. The second-order valence-corrected chi connectivity index (χ2v) is 4.16. The first kappa shape index (κ1) is 14.9. The van der Waals surface area contributed by atoms with E-state index in [9.17, 15) is 4.79 Å². The molecule has 0 saturated carbocycles. The van der Waals surface area contributed by atoms with Crippen LogP contribution in [0.2, 0.25) is 0 Å². The molecule has 0 aliphatic heterocycles. The molecule has 0 aromatic carbocycles. The molecule has 0 atom stereocenters. The van der Waals surface area contributed by atoms with Crippen molar-refractivity contribution in [1.29, 1.82) is 0 Å². The summed E-state index contributed by atoms with van der Waals surface area (Å²) in [5.41, 5.74) is -0.485. The fraction of sp³-hybridized carbons (Fsp3) is 0.750. The van der Waals surface area contributed by atoms with E-state index >= 15 is 0 Å². The Morgan fingerprint density at radius 2 is 1.88 bits per heavy atom. The first-order chi connectivity index (χ1) is 7.45. The van der Waals surface area contributed by atoms with Gasteiger partial charge in [-0.1, -0.05) is 5.92 Å². The molecule has 4 heteroatoms. The Hall–Kier alpha value is -1.05. The van der Waals surface area contributed by atoms with Crippen LogP contribution in [0.4, 0.5) is 0 Å². The average Bonchev–Trinajstić information content (AvgIpc) is 2.13. The van der Waals surface area contributed by atoms with Crippen molar-refractivity contribution in [2.24, 2.45) is 0 Å². The van der Waals surface area contributed by atoms with E-state index in [0.717, 1.165) is 0 Å². The van der Waals surface area contributed by atoms with Crippen LogP contribution in [0, 0.1) is 11.8 Å². The van der Waals surface area contributed by atoms with Crippen molar-refractivity contribution in [3.05, 3.63) is 0 Å². The van der Waals surface area contributed by atoms with E-state index < -0.39 is 11.6 Å². The maximum Gasteiger partial charge on any atom is 0.384 e. The molecule has 0 spiro atoms. The zero-order chi connectivity index (χ0) is 12.4. The lowest BCUT2D eigenvalue weighted by atomic mass is 10.2. The predicted octanol–water partition coefficient (Wildman–Crippen LogP) is 1.38. The zero-order valence-corrected chi connectivity index (χ0v) is 10.5. The highest BCUT2D eigenvalue weighted by Gasteiger charge is 2.13. The summed E-state index contributed by atoms with van der Waals surface area (Å²) in [7, 11) is 1.62. The van der Waals surface area contributed by atoms with Crippen molar-refractivity contribution < 1.29 is 19.0 Å². The van der Waals surface area contributed by atoms with Gasteiger partial charge in [0.2, 0.25) is 0 Å². The van der Waals surface area contributed by atoms with Crippen LogP contribution in [-0.4, -0.2) is 38.5 Å². The summed E-state index contributed by atoms with van der Waals surface area (Å²) in [6, 6.07) is 0. The Morgan fingerprint density at radius 1 is 1.19 bits per heavy atom. The van der Waals surface area contributed by atoms with Crippen molar-refractivity contribution in [2.45, 2.75) is 32.8 Å². The number of hydrogen-bond acceptors (Lipinski definition) is 4. The smallest absolute Gasteiger partial charge is 0.384 e. The molecule has 0 heterocycles. The Labute approximate surface area is 97.3 Å². The van der Waals surface area contributed by atoms with Crippen molar-refractivity contribution in [3.63, 3.8) is 0 Å². The predicted molar refractivity (Wildman–Crippen MR) is 60.9 cm³/mol. The highest BCUT2D eigenvalue weighted by atomic mass is 16.6. The highest BCUT2D eigenvalue weighted by molar-refractivity contribution is 5.88. The van der Waals surface area contributed by atoms with Crippen LogP contribution < -0.4 is 0 Å². The minimum absolute atomic E-state index is 0.485. The third-order valence-electron chi connectivity index (χ3n) is 1.39. The number of esters is 1. The van der Waals surface area contributed by atoms with Crippen LogP contribution in [0.3, 0.4) is 0 Å². The molecule has 0 radical (unpaired) electrons. The lowest BCUT2D eigenvalue weighted by molar-refractivity contribution is -0.147. The molecule has 0 amide bonds. The van der Waals surface area contributed by atoms with E-state index in [1.54, 1.807) is 27.9 Å². The van der Waals surface area contributed by atoms with Crippen LogP contribution in [0.15, 0.2) is 0 Å². The topological polar surface area (TPSA) is 44.8 Å². The van der Waals surface area contributed by atoms with Gasteiger partial charge in [-0.2, -0.15) is 0 Å². The lowest BCUT2D eigenvalue weighted by Crippen LogP contribution is -2.22. The SMILES string of the molecule is COCCOCCC#CC(=O)OC(C)(C)C. The Bertz CT molecular complexity index is 254. The van der Waals surface area contributed by atoms with E-state index in [1.165, 1.54) is 0 Å². The van der Waals surface area contributed by atoms with E-state index in [4.69, 9.17) is 14.2 Å². The van der Waals surface area contributed by atoms with Gasteiger partial charge >= 0.3 is 5.97 Å². The molecule has 0 bridgehead atoms. The van der Waals surface area contributed by atoms with Crippen LogP contribution in [0.5, 0.6) is 0 Å². The van der Waals surface area contributed by atoms with Crippen LogP contribution in [0.1, 0.15) is 27.2 Å². The summed E-state index contributed by atoms with van der Waals surface area (Å²) in [5, 5.41) is 0. The summed E-state index contributed by atoms with van der Waals surface area (Å²) in [6.45, 7) is 7.03. The molecule has 0 fully saturated rings. The van der Waals surface area contributed by atoms with Crippen LogP contribution >= 0.6 is 0 Å². The lowest BCUT2D eigenvalue weighted by Gasteiger charge is -2.16. The van der Waals surface area contributed by atoms with E-state index in [0.29, 0.717) is 26.2 Å². The number of hydrogen-bond donors (Lipinski definition) is 0. The number of ether oxygens (including phenoxy) is 3. The Morgan fingerprint density at radius 3 is 2.44 bits per heavy atom. The van der Waals surface area contributed by atoms with Gasteiger partial charge in [0, 0.05) is 19.5 Å². The quantitative estimate of drug-likeness (QED) is 0.309. The summed E-state index contributed by atoms with van der Waals surface area (Å²) in [6.07, 6.45) is 0.517. The molecule has 0 aliphatic carbocycles. The van der Waals surface area contributed by atoms with E-state index in [2.05, 4.69) is 11.8 Å². The molecule has 92 valence electrons. The van der Waals surface area contributed by atoms with E-state index in [1.807, 2.05) is 0 Å². The summed E-state index contributed by atoms with van der Waals surface area (Å²) in [5.74, 6) is 4.61. The Kier molecular flexibility index (Phi) is 7.61. The Balaban J connectivity index is 3.57. The normalized spacial score (nSPS) is 10.5. The van der Waals surface area contributed by atoms with Gasteiger partial charge < -0.3 is 14.2 Å². The highest BCUT2D eigenvalue weighted by Crippen LogP contribution is 2.05. The minimum atomic E-state index is -0.496. The van der Waals surface area contributed by atoms with Gasteiger partial charge in [-0.3, -0.25) is 0 Å². The average molecular weight is 228 g/mol. The monoisotopic (exact) mass is 228 g/mol. The molecule has 0 aromatic rings. The molecule has 0 aliphatic rings. The fourth-order valence-electron chi connectivity index (χ4n) is 0.806. The number of carbonyl (C=O) groups is 1. The molecule has 0 N–H and O–H groups in total. The van der Waals surface area contributed by atoms with Crippen molar-refractivity contribution in [3.8, 4) is 11.8 Å². The first-order valence-electron chi connectivity index (χ1n) is 5.24. The van der Waals surface area contributed by atoms with Crippen molar-refractivity contribution >= 4 is 5.97 Å². The molecule has 16 heavy (non-hydrogen) atoms. The van der Waals surface area contributed by atoms with Crippen LogP contribution in [0.25, 0.3) is 0 Å². The van der Waals surface area contributed by atoms with E-state index in [-0.39, 0.29) is 0 Å². The number of rotatable bonds is 5. The minimum Gasteiger partial charge on any atom is -0.450 e. The second kappa shape index (κ2) is 8.14. The molecule has 0 aromatic heterocycles. The van der Waals surface area contributed by atoms with Gasteiger partial charge in [-0.25, -0.2) is 4.79 Å². The van der Waals surface area contributed by atoms with Gasteiger partial charge in [0.1, 0.15) is 5.60 Å². The van der Waals surface area contributed by atoms with Gasteiger partial charge in [-0.05, 0) is 20.8 Å². The van der Waals surface area contributed by atoms with Gasteiger partial charge in [0.05, 0.1) is 19.8 Å². The summed E-state index contributed by atoms with van der Waals surface area (Å²) in [4.78, 5) is 11.1. The summed E-state index contributed by atoms with van der Waals surface area (Å²) < 4.78 is 15.0. The van der Waals surface area contributed by atoms with Crippen LogP contribution in [-0.2, 0) is 19.0 Å². The molecule has 0 saturated heterocycles. The standard InChI is InChI=1S/C12H20O4/c1-12(2,3)16-11(13)7-5-6-8-15-10-9-14-4/h6,8-10H2,1-4H3. The van der Waals surface area contributed by atoms with Gasteiger partial charge in [0.25, 0.3) is 0 Å². The molecule has 0 unspecified atom stereocenters. The molecular formula is C12H20O4. The zero-order valence-electron chi connectivity index (χ0n) is 10.5. The third-order valence-corrected chi connectivity index (χ3v) is 1.39. The first-order valence-corrected chi connectivity index (χ1v) is 5.24. The molecule has 0 rings (SSSR count). The fourth-order valence-corrected chi connectivity index (χ4v) is 0.806. The third kappa shape index (κ3) is 11.0. The molecule has 4 nitrogen and oxygen atoms in total. The van der Waals surface area contributed by atoms with Crippen molar-refractivity contribution in [1.82, 2.24) is 0 Å². The maximum atomic E-state index is 11.1. The van der Waals surface area contributed by atoms with Gasteiger partial charge in [-0.15, -0.1) is 0 Å².